The first kappa shape index (κ1) is 15.2. The third-order valence-electron chi connectivity index (χ3n) is 2.14. The molecule has 0 spiro atoms. The first-order chi connectivity index (χ1) is 6.96. The van der Waals surface area contributed by atoms with Gasteiger partial charge in [-0.3, -0.25) is 0 Å². The number of benzene rings is 1. The van der Waals surface area contributed by atoms with Gasteiger partial charge in [0.1, 0.15) is 0 Å². The van der Waals surface area contributed by atoms with E-state index in [1.54, 1.807) is 6.07 Å². The van der Waals surface area contributed by atoms with Crippen LogP contribution in [0.25, 0.3) is 0 Å². The zero-order chi connectivity index (χ0) is 11.5. The second kappa shape index (κ2) is 6.08. The molecule has 0 saturated heterocycles. The summed E-state index contributed by atoms with van der Waals surface area (Å²) in [5, 5.41) is 0. The van der Waals surface area contributed by atoms with Gasteiger partial charge in [0.15, 0.2) is 0 Å². The second-order valence-electron chi connectivity index (χ2n) is 3.27. The van der Waals surface area contributed by atoms with Gasteiger partial charge in [0.2, 0.25) is 0 Å². The molecule has 0 saturated carbocycles. The maximum Gasteiger partial charge on any atom is 0.416 e. The van der Waals surface area contributed by atoms with Crippen LogP contribution in [0, 0.1) is 0 Å². The van der Waals surface area contributed by atoms with Gasteiger partial charge < -0.3 is 11.5 Å². The fourth-order valence-corrected chi connectivity index (χ4v) is 1.41. The summed E-state index contributed by atoms with van der Waals surface area (Å²) >= 11 is 0. The third-order valence-corrected chi connectivity index (χ3v) is 2.14. The highest BCUT2D eigenvalue weighted by atomic mass is 35.5. The van der Waals surface area contributed by atoms with Crippen LogP contribution in [0.15, 0.2) is 24.3 Å². The molecule has 4 N–H and O–H groups in total. The Labute approximate surface area is 98.2 Å². The monoisotopic (exact) mass is 254 g/mol. The summed E-state index contributed by atoms with van der Waals surface area (Å²) in [4.78, 5) is 0. The van der Waals surface area contributed by atoms with E-state index in [1.165, 1.54) is 12.1 Å². The van der Waals surface area contributed by atoms with Crippen molar-refractivity contribution in [1.29, 1.82) is 0 Å². The predicted octanol–water partition coefficient (Wildman–Crippen LogP) is 2.48. The van der Waals surface area contributed by atoms with Gasteiger partial charge >= 0.3 is 6.18 Å². The van der Waals surface area contributed by atoms with Gasteiger partial charge in [-0.1, -0.05) is 18.2 Å². The molecule has 0 aromatic heterocycles. The maximum absolute atomic E-state index is 12.6. The molecule has 0 heterocycles. The minimum Gasteiger partial charge on any atom is -0.330 e. The van der Waals surface area contributed by atoms with Crippen molar-refractivity contribution in [2.75, 3.05) is 6.54 Å². The molecule has 1 aromatic rings. The van der Waals surface area contributed by atoms with Gasteiger partial charge in [-0.25, -0.2) is 0 Å². The largest absolute Gasteiger partial charge is 0.416 e. The average molecular weight is 255 g/mol. The molecule has 0 aliphatic rings. The fraction of sp³-hybridized carbons (Fsp3) is 0.400. The van der Waals surface area contributed by atoms with E-state index in [0.29, 0.717) is 6.42 Å². The van der Waals surface area contributed by atoms with E-state index in [4.69, 9.17) is 11.5 Å². The molecule has 0 radical (unpaired) electrons. The van der Waals surface area contributed by atoms with E-state index >= 15 is 0 Å². The molecule has 6 heteroatoms. The quantitative estimate of drug-likeness (QED) is 0.871. The number of halogens is 4. The first-order valence-electron chi connectivity index (χ1n) is 4.58. The van der Waals surface area contributed by atoms with Crippen LogP contribution in [0.3, 0.4) is 0 Å². The van der Waals surface area contributed by atoms with E-state index in [-0.39, 0.29) is 24.5 Å². The Morgan fingerprint density at radius 1 is 1.19 bits per heavy atom. The first-order valence-corrected chi connectivity index (χ1v) is 4.58. The van der Waals surface area contributed by atoms with Crippen LogP contribution >= 0.6 is 12.4 Å². The standard InChI is InChI=1S/C10H13F3N2.ClH/c11-10(12,13)8-4-2-1-3-7(8)9(15)5-6-14;/h1-4,9H,5-6,14-15H2;1H/t9-;/m1./s1. The van der Waals surface area contributed by atoms with Crippen LogP contribution < -0.4 is 11.5 Å². The number of hydrogen-bond acceptors (Lipinski definition) is 2. The number of alkyl halides is 3. The van der Waals surface area contributed by atoms with Crippen molar-refractivity contribution >= 4 is 12.4 Å². The average Bonchev–Trinajstić information content (AvgIpc) is 2.17. The summed E-state index contributed by atoms with van der Waals surface area (Å²) < 4.78 is 37.7. The highest BCUT2D eigenvalue weighted by Crippen LogP contribution is 2.34. The van der Waals surface area contributed by atoms with Crippen molar-refractivity contribution < 1.29 is 13.2 Å². The van der Waals surface area contributed by atoms with Crippen LogP contribution in [0.4, 0.5) is 13.2 Å². The van der Waals surface area contributed by atoms with Gasteiger partial charge in [0.05, 0.1) is 5.56 Å². The highest BCUT2D eigenvalue weighted by molar-refractivity contribution is 5.85. The van der Waals surface area contributed by atoms with Gasteiger partial charge in [-0.15, -0.1) is 12.4 Å². The van der Waals surface area contributed by atoms with Crippen LogP contribution in [-0.2, 0) is 6.18 Å². The summed E-state index contributed by atoms with van der Waals surface area (Å²) in [5.41, 5.74) is 10.3. The summed E-state index contributed by atoms with van der Waals surface area (Å²) in [7, 11) is 0. The second-order valence-corrected chi connectivity index (χ2v) is 3.27. The van der Waals surface area contributed by atoms with Crippen LogP contribution in [0.5, 0.6) is 0 Å². The number of nitrogens with two attached hydrogens (primary N) is 2. The molecular formula is C10H14ClF3N2. The molecule has 0 fully saturated rings. The van der Waals surface area contributed by atoms with E-state index < -0.39 is 17.8 Å². The van der Waals surface area contributed by atoms with Gasteiger partial charge in [-0.05, 0) is 24.6 Å². The maximum atomic E-state index is 12.6. The molecule has 0 bridgehead atoms. The Balaban J connectivity index is 0.00000225. The van der Waals surface area contributed by atoms with Crippen molar-refractivity contribution in [3.05, 3.63) is 35.4 Å². The van der Waals surface area contributed by atoms with Crippen LogP contribution in [0.1, 0.15) is 23.6 Å². The smallest absolute Gasteiger partial charge is 0.330 e. The zero-order valence-corrected chi connectivity index (χ0v) is 9.31. The molecule has 16 heavy (non-hydrogen) atoms. The van der Waals surface area contributed by atoms with Crippen LogP contribution in [0.2, 0.25) is 0 Å². The molecular weight excluding hydrogens is 241 g/mol. The van der Waals surface area contributed by atoms with Crippen LogP contribution in [-0.4, -0.2) is 6.54 Å². The van der Waals surface area contributed by atoms with Crippen molar-refractivity contribution in [2.24, 2.45) is 11.5 Å². The molecule has 0 aliphatic heterocycles. The summed E-state index contributed by atoms with van der Waals surface area (Å²) in [5.74, 6) is 0. The van der Waals surface area contributed by atoms with Crippen molar-refractivity contribution in [3.8, 4) is 0 Å². The molecule has 92 valence electrons. The minimum absolute atomic E-state index is 0. The number of rotatable bonds is 3. The number of hydrogen-bond donors (Lipinski definition) is 2. The Hall–Kier alpha value is -0.780. The topological polar surface area (TPSA) is 52.0 Å². The molecule has 0 amide bonds. The van der Waals surface area contributed by atoms with Gasteiger partial charge in [-0.2, -0.15) is 13.2 Å². The van der Waals surface area contributed by atoms with Crippen molar-refractivity contribution in [3.63, 3.8) is 0 Å². The molecule has 1 aromatic carbocycles. The third kappa shape index (κ3) is 3.66. The van der Waals surface area contributed by atoms with E-state index in [1.807, 2.05) is 0 Å². The SMILES string of the molecule is Cl.NCC[C@@H](N)c1ccccc1C(F)(F)F. The normalized spacial score (nSPS) is 13.1. The predicted molar refractivity (Wildman–Crippen MR) is 59.3 cm³/mol. The zero-order valence-electron chi connectivity index (χ0n) is 8.50. The fourth-order valence-electron chi connectivity index (χ4n) is 1.41. The van der Waals surface area contributed by atoms with Crippen molar-refractivity contribution in [1.82, 2.24) is 0 Å². The van der Waals surface area contributed by atoms with E-state index in [2.05, 4.69) is 0 Å². The van der Waals surface area contributed by atoms with Gasteiger partial charge in [0, 0.05) is 6.04 Å². The minimum atomic E-state index is -4.36. The Bertz CT molecular complexity index is 328. The Kier molecular flexibility index (Phi) is 5.78. The molecule has 1 rings (SSSR count). The Morgan fingerprint density at radius 3 is 2.25 bits per heavy atom. The summed E-state index contributed by atoms with van der Waals surface area (Å²) in [6, 6.07) is 4.66. The lowest BCUT2D eigenvalue weighted by atomic mass is 9.98. The Morgan fingerprint density at radius 2 is 1.75 bits per heavy atom. The summed E-state index contributed by atoms with van der Waals surface area (Å²) in [6.45, 7) is 0.271. The lowest BCUT2D eigenvalue weighted by Gasteiger charge is -2.17. The van der Waals surface area contributed by atoms with E-state index in [0.717, 1.165) is 6.07 Å². The van der Waals surface area contributed by atoms with E-state index in [9.17, 15) is 13.2 Å². The summed E-state index contributed by atoms with van der Waals surface area (Å²) in [6.07, 6.45) is -4.02. The lowest BCUT2D eigenvalue weighted by molar-refractivity contribution is -0.138. The highest BCUT2D eigenvalue weighted by Gasteiger charge is 2.33. The molecule has 0 unspecified atom stereocenters. The van der Waals surface area contributed by atoms with Crippen molar-refractivity contribution in [2.45, 2.75) is 18.6 Å². The molecule has 2 nitrogen and oxygen atoms in total. The van der Waals surface area contributed by atoms with Gasteiger partial charge in [0.25, 0.3) is 0 Å². The lowest BCUT2D eigenvalue weighted by Crippen LogP contribution is -2.20. The molecule has 0 aliphatic carbocycles. The molecule has 1 atom stereocenters.